The Morgan fingerprint density at radius 3 is 2.64 bits per heavy atom. The first-order valence-electron chi connectivity index (χ1n) is 7.90. The third-order valence-electron chi connectivity index (χ3n) is 4.22. The predicted molar refractivity (Wildman–Crippen MR) is 97.1 cm³/mol. The number of alkyl halides is 1. The maximum Gasteiger partial charge on any atom is 0.237 e. The largest absolute Gasteiger partial charge is 0.378 e. The Morgan fingerprint density at radius 2 is 2.04 bits per heavy atom. The average molecular weight is 398 g/mol. The van der Waals surface area contributed by atoms with E-state index in [1.165, 1.54) is 6.07 Å². The van der Waals surface area contributed by atoms with Crippen molar-refractivity contribution in [2.24, 2.45) is 0 Å². The number of amides is 1. The van der Waals surface area contributed by atoms with Gasteiger partial charge in [0.2, 0.25) is 5.91 Å². The number of morpholine rings is 1. The van der Waals surface area contributed by atoms with Gasteiger partial charge in [-0.1, -0.05) is 6.07 Å². The normalized spacial score (nSPS) is 22.7. The molecule has 2 saturated heterocycles. The highest BCUT2D eigenvalue weighted by atomic mass is 35.5. The Labute approximate surface area is 158 Å². The molecule has 0 radical (unpaired) electrons. The number of hydrogen-bond donors (Lipinski definition) is 2. The van der Waals surface area contributed by atoms with Crippen LogP contribution in [0.5, 0.6) is 0 Å². The zero-order chi connectivity index (χ0) is 16.2. The summed E-state index contributed by atoms with van der Waals surface area (Å²) in [6.45, 7) is 2.98. The highest BCUT2D eigenvalue weighted by Crippen LogP contribution is 2.21. The molecule has 0 spiro atoms. The van der Waals surface area contributed by atoms with Gasteiger partial charge in [-0.2, -0.15) is 0 Å². The molecule has 1 aromatic carbocycles. The van der Waals surface area contributed by atoms with Gasteiger partial charge in [0.25, 0.3) is 0 Å². The third-order valence-corrected chi connectivity index (χ3v) is 4.22. The number of nitrogens with one attached hydrogen (secondary N) is 2. The first-order valence-corrected chi connectivity index (χ1v) is 7.90. The Hall–Kier alpha value is -1.15. The SMILES string of the molecule is Cl.Cl.O=C(NCc1ccc(N2CCOCC2)c(F)c1)[C@H]1C[C@H](F)CN1. The van der Waals surface area contributed by atoms with E-state index in [1.54, 1.807) is 12.1 Å². The molecule has 142 valence electrons. The summed E-state index contributed by atoms with van der Waals surface area (Å²) in [6.07, 6.45) is -0.785. The number of carbonyl (C=O) groups excluding carboxylic acids is 1. The molecule has 1 aromatic rings. The molecular formula is C16H23Cl2F2N3O2. The molecule has 2 N–H and O–H groups in total. The lowest BCUT2D eigenvalue weighted by molar-refractivity contribution is -0.123. The second kappa shape index (κ2) is 10.1. The van der Waals surface area contributed by atoms with Crippen LogP contribution < -0.4 is 15.5 Å². The van der Waals surface area contributed by atoms with Crippen LogP contribution in [0.2, 0.25) is 0 Å². The van der Waals surface area contributed by atoms with E-state index >= 15 is 0 Å². The minimum Gasteiger partial charge on any atom is -0.378 e. The van der Waals surface area contributed by atoms with Crippen molar-refractivity contribution in [3.63, 3.8) is 0 Å². The van der Waals surface area contributed by atoms with E-state index in [0.29, 0.717) is 37.6 Å². The fourth-order valence-electron chi connectivity index (χ4n) is 2.93. The van der Waals surface area contributed by atoms with Crippen LogP contribution in [-0.2, 0) is 16.1 Å². The predicted octanol–water partition coefficient (Wildman–Crippen LogP) is 1.82. The average Bonchev–Trinajstić information content (AvgIpc) is 3.00. The summed E-state index contributed by atoms with van der Waals surface area (Å²) in [5, 5.41) is 5.55. The Bertz CT molecular complexity index is 574. The summed E-state index contributed by atoms with van der Waals surface area (Å²) in [6, 6.07) is 4.47. The molecule has 2 heterocycles. The lowest BCUT2D eigenvalue weighted by atomic mass is 10.1. The molecule has 25 heavy (non-hydrogen) atoms. The number of carbonyl (C=O) groups is 1. The van der Waals surface area contributed by atoms with E-state index in [4.69, 9.17) is 4.74 Å². The first-order chi connectivity index (χ1) is 11.1. The maximum atomic E-state index is 14.3. The molecular weight excluding hydrogens is 375 g/mol. The van der Waals surface area contributed by atoms with Crippen molar-refractivity contribution in [1.29, 1.82) is 0 Å². The molecule has 3 rings (SSSR count). The highest BCUT2D eigenvalue weighted by Gasteiger charge is 2.28. The van der Waals surface area contributed by atoms with Crippen LogP contribution in [0.4, 0.5) is 14.5 Å². The van der Waals surface area contributed by atoms with Gasteiger partial charge < -0.3 is 20.3 Å². The number of halogens is 4. The molecule has 0 unspecified atom stereocenters. The monoisotopic (exact) mass is 397 g/mol. The van der Waals surface area contributed by atoms with Gasteiger partial charge in [0.05, 0.1) is 24.9 Å². The van der Waals surface area contributed by atoms with Crippen LogP contribution in [0.25, 0.3) is 0 Å². The molecule has 1 amide bonds. The highest BCUT2D eigenvalue weighted by molar-refractivity contribution is 5.85. The lowest BCUT2D eigenvalue weighted by Gasteiger charge is -2.29. The first kappa shape index (κ1) is 21.9. The number of ether oxygens (including phenoxy) is 1. The van der Waals surface area contributed by atoms with Gasteiger partial charge in [0.15, 0.2) is 0 Å². The summed E-state index contributed by atoms with van der Waals surface area (Å²) in [5.41, 5.74) is 1.24. The van der Waals surface area contributed by atoms with Gasteiger partial charge in [-0.25, -0.2) is 8.78 Å². The van der Waals surface area contributed by atoms with Crippen molar-refractivity contribution in [2.75, 3.05) is 37.7 Å². The minimum atomic E-state index is -0.976. The van der Waals surface area contributed by atoms with Gasteiger partial charge in [-0.15, -0.1) is 24.8 Å². The van der Waals surface area contributed by atoms with E-state index in [9.17, 15) is 13.6 Å². The van der Waals surface area contributed by atoms with Gasteiger partial charge in [-0.05, 0) is 17.7 Å². The van der Waals surface area contributed by atoms with Crippen LogP contribution in [0.1, 0.15) is 12.0 Å². The van der Waals surface area contributed by atoms with E-state index < -0.39 is 12.2 Å². The van der Waals surface area contributed by atoms with Crippen LogP contribution in [0.3, 0.4) is 0 Å². The second-order valence-electron chi connectivity index (χ2n) is 5.90. The smallest absolute Gasteiger partial charge is 0.237 e. The van der Waals surface area contributed by atoms with Crippen molar-refractivity contribution in [3.05, 3.63) is 29.6 Å². The Balaban J connectivity index is 0.00000156. The van der Waals surface area contributed by atoms with Crippen molar-refractivity contribution in [1.82, 2.24) is 10.6 Å². The van der Waals surface area contributed by atoms with Crippen molar-refractivity contribution >= 4 is 36.4 Å². The number of benzene rings is 1. The molecule has 2 aliphatic heterocycles. The molecule has 0 aromatic heterocycles. The van der Waals surface area contributed by atoms with Crippen molar-refractivity contribution < 1.29 is 18.3 Å². The van der Waals surface area contributed by atoms with E-state index in [0.717, 1.165) is 0 Å². The number of nitrogens with zero attached hydrogens (tertiary/aromatic N) is 1. The maximum absolute atomic E-state index is 14.3. The van der Waals surface area contributed by atoms with Crippen LogP contribution >= 0.6 is 24.8 Å². The van der Waals surface area contributed by atoms with Crippen LogP contribution in [-0.4, -0.2) is 51.0 Å². The molecule has 2 fully saturated rings. The van der Waals surface area contributed by atoms with Crippen LogP contribution in [0, 0.1) is 5.82 Å². The molecule has 0 saturated carbocycles. The number of hydrogen-bond acceptors (Lipinski definition) is 4. The van der Waals surface area contributed by atoms with E-state index in [-0.39, 0.29) is 56.0 Å². The van der Waals surface area contributed by atoms with Crippen molar-refractivity contribution in [3.8, 4) is 0 Å². The topological polar surface area (TPSA) is 53.6 Å². The fraction of sp³-hybridized carbons (Fsp3) is 0.562. The third kappa shape index (κ3) is 5.67. The summed E-state index contributed by atoms with van der Waals surface area (Å²) in [7, 11) is 0. The summed E-state index contributed by atoms with van der Waals surface area (Å²) >= 11 is 0. The molecule has 2 atom stereocenters. The lowest BCUT2D eigenvalue weighted by Crippen LogP contribution is -2.40. The summed E-state index contributed by atoms with van der Waals surface area (Å²) < 4.78 is 32.6. The van der Waals surface area contributed by atoms with Gasteiger partial charge >= 0.3 is 0 Å². The molecule has 5 nitrogen and oxygen atoms in total. The van der Waals surface area contributed by atoms with E-state index in [1.807, 2.05) is 4.90 Å². The van der Waals surface area contributed by atoms with Gasteiger partial charge in [-0.3, -0.25) is 4.79 Å². The minimum absolute atomic E-state index is 0. The zero-order valence-electron chi connectivity index (χ0n) is 13.7. The van der Waals surface area contributed by atoms with Crippen LogP contribution in [0.15, 0.2) is 18.2 Å². The molecule has 2 aliphatic rings. The standard InChI is InChI=1S/C16H21F2N3O2.2ClH/c17-12-8-14(19-10-12)16(22)20-9-11-1-2-15(13(18)7-11)21-3-5-23-6-4-21;;/h1-2,7,12,14,19H,3-6,8-10H2,(H,20,22);2*1H/t12-,14+;;/m0../s1. The molecule has 9 heteroatoms. The number of rotatable bonds is 4. The summed E-state index contributed by atoms with van der Waals surface area (Å²) in [5.74, 6) is -0.552. The zero-order valence-corrected chi connectivity index (χ0v) is 15.3. The number of anilines is 1. The Morgan fingerprint density at radius 1 is 1.32 bits per heavy atom. The fourth-order valence-corrected chi connectivity index (χ4v) is 2.93. The second-order valence-corrected chi connectivity index (χ2v) is 5.90. The Kier molecular flexibility index (Phi) is 8.85. The van der Waals surface area contributed by atoms with Crippen molar-refractivity contribution in [2.45, 2.75) is 25.2 Å². The quantitative estimate of drug-likeness (QED) is 0.813. The molecule has 0 aliphatic carbocycles. The van der Waals surface area contributed by atoms with E-state index in [2.05, 4.69) is 10.6 Å². The summed E-state index contributed by atoms with van der Waals surface area (Å²) in [4.78, 5) is 13.9. The van der Waals surface area contributed by atoms with Gasteiger partial charge in [0, 0.05) is 32.6 Å². The molecule has 0 bridgehead atoms. The van der Waals surface area contributed by atoms with Gasteiger partial charge in [0.1, 0.15) is 12.0 Å².